The molecule has 1 aliphatic carbocycles. The molecule has 0 saturated heterocycles. The highest BCUT2D eigenvalue weighted by atomic mass is 15.3. The van der Waals surface area contributed by atoms with Crippen LogP contribution in [0.5, 0.6) is 0 Å². The Labute approximate surface area is 96.0 Å². The molecule has 2 rings (SSSR count). The third-order valence-corrected chi connectivity index (χ3v) is 3.48. The van der Waals surface area contributed by atoms with E-state index in [1.807, 2.05) is 10.9 Å². The van der Waals surface area contributed by atoms with Crippen LogP contribution in [0, 0.1) is 17.2 Å². The highest BCUT2D eigenvalue weighted by molar-refractivity contribution is 5.22. The topological polar surface area (TPSA) is 67.6 Å². The summed E-state index contributed by atoms with van der Waals surface area (Å²) in [6.45, 7) is 0.744. The Morgan fingerprint density at radius 1 is 1.50 bits per heavy atom. The SMILES string of the molecule is N#Cc1cnn(C2CCCCC2CCN)c1. The maximum Gasteiger partial charge on any atom is 0.102 e. The van der Waals surface area contributed by atoms with Crippen LogP contribution in [0.3, 0.4) is 0 Å². The van der Waals surface area contributed by atoms with Gasteiger partial charge in [-0.05, 0) is 31.7 Å². The van der Waals surface area contributed by atoms with Gasteiger partial charge in [0.05, 0.1) is 17.8 Å². The van der Waals surface area contributed by atoms with Crippen LogP contribution in [0.2, 0.25) is 0 Å². The van der Waals surface area contributed by atoms with E-state index >= 15 is 0 Å². The number of nitriles is 1. The summed E-state index contributed by atoms with van der Waals surface area (Å²) in [6.07, 6.45) is 9.53. The van der Waals surface area contributed by atoms with Crippen LogP contribution < -0.4 is 5.73 Å². The summed E-state index contributed by atoms with van der Waals surface area (Å²) < 4.78 is 1.97. The van der Waals surface area contributed by atoms with Crippen molar-refractivity contribution < 1.29 is 0 Å². The third kappa shape index (κ3) is 2.25. The molecule has 1 saturated carbocycles. The van der Waals surface area contributed by atoms with E-state index in [-0.39, 0.29) is 0 Å². The molecular weight excluding hydrogens is 200 g/mol. The van der Waals surface area contributed by atoms with Gasteiger partial charge in [0.2, 0.25) is 0 Å². The van der Waals surface area contributed by atoms with Gasteiger partial charge >= 0.3 is 0 Å². The predicted octanol–water partition coefficient (Wildman–Crippen LogP) is 1.83. The molecule has 1 aliphatic rings. The molecule has 0 aliphatic heterocycles. The van der Waals surface area contributed by atoms with Gasteiger partial charge in [-0.3, -0.25) is 4.68 Å². The predicted molar refractivity (Wildman–Crippen MR) is 61.6 cm³/mol. The quantitative estimate of drug-likeness (QED) is 0.841. The zero-order valence-corrected chi connectivity index (χ0v) is 9.47. The summed E-state index contributed by atoms with van der Waals surface area (Å²) in [7, 11) is 0. The van der Waals surface area contributed by atoms with Gasteiger partial charge in [-0.2, -0.15) is 10.4 Å². The van der Waals surface area contributed by atoms with Crippen molar-refractivity contribution in [2.75, 3.05) is 6.54 Å². The van der Waals surface area contributed by atoms with Gasteiger partial charge in [0.15, 0.2) is 0 Å². The van der Waals surface area contributed by atoms with Crippen molar-refractivity contribution in [1.82, 2.24) is 9.78 Å². The van der Waals surface area contributed by atoms with Gasteiger partial charge in [-0.25, -0.2) is 0 Å². The molecule has 4 nitrogen and oxygen atoms in total. The van der Waals surface area contributed by atoms with Crippen molar-refractivity contribution >= 4 is 0 Å². The molecule has 0 aromatic carbocycles. The van der Waals surface area contributed by atoms with Crippen LogP contribution in [0.1, 0.15) is 43.7 Å². The molecule has 1 fully saturated rings. The van der Waals surface area contributed by atoms with Crippen LogP contribution >= 0.6 is 0 Å². The lowest BCUT2D eigenvalue weighted by molar-refractivity contribution is 0.214. The first-order chi connectivity index (χ1) is 7.85. The van der Waals surface area contributed by atoms with E-state index in [4.69, 9.17) is 11.0 Å². The summed E-state index contributed by atoms with van der Waals surface area (Å²) >= 11 is 0. The van der Waals surface area contributed by atoms with Crippen molar-refractivity contribution in [2.24, 2.45) is 11.7 Å². The number of aromatic nitrogens is 2. The molecule has 2 N–H and O–H groups in total. The van der Waals surface area contributed by atoms with E-state index < -0.39 is 0 Å². The number of hydrogen-bond acceptors (Lipinski definition) is 3. The second-order valence-corrected chi connectivity index (χ2v) is 4.51. The van der Waals surface area contributed by atoms with Crippen LogP contribution in [0.25, 0.3) is 0 Å². The molecule has 0 amide bonds. The van der Waals surface area contributed by atoms with Crippen LogP contribution in [0.4, 0.5) is 0 Å². The fraction of sp³-hybridized carbons (Fsp3) is 0.667. The monoisotopic (exact) mass is 218 g/mol. The minimum atomic E-state index is 0.444. The minimum Gasteiger partial charge on any atom is -0.330 e. The van der Waals surface area contributed by atoms with Crippen molar-refractivity contribution in [3.05, 3.63) is 18.0 Å². The summed E-state index contributed by atoms with van der Waals surface area (Å²) in [5.41, 5.74) is 6.30. The molecule has 16 heavy (non-hydrogen) atoms. The fourth-order valence-corrected chi connectivity index (χ4v) is 2.66. The Morgan fingerprint density at radius 3 is 3.00 bits per heavy atom. The molecule has 0 bridgehead atoms. The first kappa shape index (κ1) is 11.2. The first-order valence-corrected chi connectivity index (χ1v) is 5.99. The Hall–Kier alpha value is -1.34. The van der Waals surface area contributed by atoms with Gasteiger partial charge in [0, 0.05) is 6.20 Å². The van der Waals surface area contributed by atoms with Gasteiger partial charge < -0.3 is 5.73 Å². The van der Waals surface area contributed by atoms with Crippen molar-refractivity contribution in [1.29, 1.82) is 5.26 Å². The fourth-order valence-electron chi connectivity index (χ4n) is 2.66. The molecule has 2 unspecified atom stereocenters. The molecule has 0 spiro atoms. The smallest absolute Gasteiger partial charge is 0.102 e. The molecule has 1 aromatic rings. The average molecular weight is 218 g/mol. The maximum atomic E-state index is 8.80. The van der Waals surface area contributed by atoms with Gasteiger partial charge in [0.25, 0.3) is 0 Å². The molecule has 1 heterocycles. The van der Waals surface area contributed by atoms with Crippen molar-refractivity contribution in [2.45, 2.75) is 38.1 Å². The van der Waals surface area contributed by atoms with Gasteiger partial charge in [-0.1, -0.05) is 12.8 Å². The van der Waals surface area contributed by atoms with E-state index in [1.165, 1.54) is 19.3 Å². The highest BCUT2D eigenvalue weighted by Gasteiger charge is 2.26. The normalized spacial score (nSPS) is 25.2. The van der Waals surface area contributed by atoms with Gasteiger partial charge in [-0.15, -0.1) is 0 Å². The molecule has 2 atom stereocenters. The molecule has 0 radical (unpaired) electrons. The van der Waals surface area contributed by atoms with Crippen molar-refractivity contribution in [3.63, 3.8) is 0 Å². The number of rotatable bonds is 3. The number of nitrogens with two attached hydrogens (primary N) is 1. The molecular formula is C12H18N4. The summed E-state index contributed by atoms with van der Waals surface area (Å²) in [4.78, 5) is 0. The summed E-state index contributed by atoms with van der Waals surface area (Å²) in [5.74, 6) is 0.630. The Bertz CT molecular complexity index is 375. The number of hydrogen-bond donors (Lipinski definition) is 1. The van der Waals surface area contributed by atoms with E-state index in [1.54, 1.807) is 6.20 Å². The van der Waals surface area contributed by atoms with E-state index in [0.717, 1.165) is 19.4 Å². The third-order valence-electron chi connectivity index (χ3n) is 3.48. The zero-order valence-electron chi connectivity index (χ0n) is 9.47. The van der Waals surface area contributed by atoms with E-state index in [2.05, 4.69) is 11.2 Å². The summed E-state index contributed by atoms with van der Waals surface area (Å²) in [5, 5.41) is 13.1. The summed E-state index contributed by atoms with van der Waals surface area (Å²) in [6, 6.07) is 2.57. The van der Waals surface area contributed by atoms with E-state index in [0.29, 0.717) is 17.5 Å². The zero-order chi connectivity index (χ0) is 11.4. The van der Waals surface area contributed by atoms with Crippen molar-refractivity contribution in [3.8, 4) is 6.07 Å². The standard InChI is InChI=1S/C12H18N4/c13-6-5-11-3-1-2-4-12(11)16-9-10(7-14)8-15-16/h8-9,11-12H,1-6,13H2. The molecule has 1 aromatic heterocycles. The van der Waals surface area contributed by atoms with Crippen LogP contribution in [-0.2, 0) is 0 Å². The molecule has 4 heteroatoms. The lowest BCUT2D eigenvalue weighted by Gasteiger charge is -2.31. The van der Waals surface area contributed by atoms with Crippen LogP contribution in [0.15, 0.2) is 12.4 Å². The average Bonchev–Trinajstić information content (AvgIpc) is 2.79. The lowest BCUT2D eigenvalue weighted by Crippen LogP contribution is -2.25. The van der Waals surface area contributed by atoms with Gasteiger partial charge in [0.1, 0.15) is 6.07 Å². The largest absolute Gasteiger partial charge is 0.330 e. The van der Waals surface area contributed by atoms with E-state index in [9.17, 15) is 0 Å². The Balaban J connectivity index is 2.13. The highest BCUT2D eigenvalue weighted by Crippen LogP contribution is 2.35. The minimum absolute atomic E-state index is 0.444. The maximum absolute atomic E-state index is 8.80. The lowest BCUT2D eigenvalue weighted by atomic mass is 9.82. The first-order valence-electron chi connectivity index (χ1n) is 5.99. The Morgan fingerprint density at radius 2 is 2.31 bits per heavy atom. The molecule has 86 valence electrons. The second kappa shape index (κ2) is 5.13. The number of nitrogens with zero attached hydrogens (tertiary/aromatic N) is 3. The van der Waals surface area contributed by atoms with Crippen LogP contribution in [-0.4, -0.2) is 16.3 Å². The second-order valence-electron chi connectivity index (χ2n) is 4.51. The Kier molecular flexibility index (Phi) is 3.58.